The van der Waals surface area contributed by atoms with Crippen LogP contribution in [0.15, 0.2) is 42.5 Å². The fourth-order valence-corrected chi connectivity index (χ4v) is 8.27. The number of unbranched alkanes of at least 4 members (excludes halogenated alkanes) is 3. The molecule has 3 aliphatic carbocycles. The topological polar surface area (TPSA) is 79.2 Å². The van der Waals surface area contributed by atoms with Crippen molar-refractivity contribution in [2.45, 2.75) is 96.0 Å². The Morgan fingerprint density at radius 3 is 2.60 bits per heavy atom. The molecule has 6 nitrogen and oxygen atoms in total. The first-order valence-corrected chi connectivity index (χ1v) is 16.4. The monoisotopic (exact) mass is 577 g/mol. The summed E-state index contributed by atoms with van der Waals surface area (Å²) < 4.78 is 11.7. The average Bonchev–Trinajstić information content (AvgIpc) is 3.30. The largest absolute Gasteiger partial charge is 0.508 e. The number of aliphatic hydroxyl groups excluding tert-OH is 1. The fourth-order valence-electron chi connectivity index (χ4n) is 8.27. The Morgan fingerprint density at radius 2 is 1.81 bits per heavy atom. The molecule has 6 atom stereocenters. The number of nitrogens with zero attached hydrogens (tertiary/aromatic N) is 1. The summed E-state index contributed by atoms with van der Waals surface area (Å²) in [5, 5.41) is 21.3. The van der Waals surface area contributed by atoms with E-state index >= 15 is 0 Å². The van der Waals surface area contributed by atoms with Crippen molar-refractivity contribution in [1.82, 2.24) is 4.90 Å². The molecule has 230 valence electrons. The maximum atomic E-state index is 12.0. The van der Waals surface area contributed by atoms with Gasteiger partial charge in [0.25, 0.3) is 0 Å². The predicted octanol–water partition coefficient (Wildman–Crippen LogP) is 6.83. The second-order valence-electron chi connectivity index (χ2n) is 13.3. The number of hydrogen-bond donors (Lipinski definition) is 2. The molecule has 0 heterocycles. The van der Waals surface area contributed by atoms with Crippen LogP contribution in [0, 0.1) is 17.3 Å². The molecule has 0 unspecified atom stereocenters. The number of carbonyl (C=O) groups excluding carboxylic acids is 1. The summed E-state index contributed by atoms with van der Waals surface area (Å²) in [5.41, 5.74) is 3.97. The molecule has 2 fully saturated rings. The van der Waals surface area contributed by atoms with Gasteiger partial charge in [0.2, 0.25) is 5.91 Å². The number of phenols is 1. The van der Waals surface area contributed by atoms with Gasteiger partial charge in [0.1, 0.15) is 18.1 Å². The Bertz CT molecular complexity index is 1180. The summed E-state index contributed by atoms with van der Waals surface area (Å²) in [6.45, 7) is 6.68. The zero-order valence-corrected chi connectivity index (χ0v) is 25.9. The van der Waals surface area contributed by atoms with Crippen LogP contribution in [0.5, 0.6) is 11.5 Å². The molecule has 2 saturated carbocycles. The number of aryl methyl sites for hydroxylation is 1. The third-order valence-corrected chi connectivity index (χ3v) is 10.7. The molecule has 0 bridgehead atoms. The molecule has 0 saturated heterocycles. The minimum Gasteiger partial charge on any atom is -0.508 e. The van der Waals surface area contributed by atoms with Crippen LogP contribution in [0.1, 0.15) is 100 Å². The van der Waals surface area contributed by atoms with Crippen molar-refractivity contribution in [2.75, 3.05) is 33.4 Å². The lowest BCUT2D eigenvalue weighted by Gasteiger charge is -2.54. The molecule has 1 amide bonds. The number of fused-ring (bicyclic) bond motifs is 5. The molecule has 2 N–H and O–H groups in total. The van der Waals surface area contributed by atoms with Crippen molar-refractivity contribution in [2.24, 2.45) is 17.3 Å². The number of likely N-dealkylation sites (N-methyl/N-ethyl adjacent to an activating group) is 1. The quantitative estimate of drug-likeness (QED) is 0.255. The van der Waals surface area contributed by atoms with Crippen LogP contribution in [0.25, 0.3) is 0 Å². The zero-order valence-electron chi connectivity index (χ0n) is 25.9. The standard InChI is InChI=1S/C36H51NO5/c1-4-5-19-37(3)34(40)24-41-20-7-6-8-21-42-28-13-9-25(10-14-28)31-23-36(2)32(17-18-33(36)39)30-15-11-26-22-27(38)12-16-29(26)35(30)31/h9-10,12-14,16,22,30-33,35,38-39H,4-8,11,15,17-21,23-24H2,1-3H3/t30-,31+,32-,33-,35+,36-/m0/s1. The lowest BCUT2D eigenvalue weighted by Crippen LogP contribution is -2.47. The Labute approximate surface area is 252 Å². The minimum absolute atomic E-state index is 0.0442. The van der Waals surface area contributed by atoms with E-state index in [1.807, 2.05) is 19.2 Å². The highest BCUT2D eigenvalue weighted by Gasteiger charge is 2.57. The first-order valence-electron chi connectivity index (χ1n) is 16.4. The normalized spacial score (nSPS) is 28.0. The van der Waals surface area contributed by atoms with Gasteiger partial charge >= 0.3 is 0 Å². The Balaban J connectivity index is 1.14. The van der Waals surface area contributed by atoms with Crippen molar-refractivity contribution in [3.8, 4) is 11.5 Å². The highest BCUT2D eigenvalue weighted by atomic mass is 16.5. The summed E-state index contributed by atoms with van der Waals surface area (Å²) in [6, 6.07) is 14.7. The molecule has 3 aliphatic rings. The number of amides is 1. The number of aromatic hydroxyl groups is 1. The fraction of sp³-hybridized carbons (Fsp3) is 0.639. The third-order valence-electron chi connectivity index (χ3n) is 10.7. The maximum absolute atomic E-state index is 12.0. The van der Waals surface area contributed by atoms with E-state index in [1.54, 1.807) is 4.90 Å². The summed E-state index contributed by atoms with van der Waals surface area (Å²) in [4.78, 5) is 13.8. The van der Waals surface area contributed by atoms with Crippen molar-refractivity contribution >= 4 is 5.91 Å². The van der Waals surface area contributed by atoms with E-state index in [1.165, 1.54) is 16.7 Å². The van der Waals surface area contributed by atoms with Gasteiger partial charge in [0.15, 0.2) is 0 Å². The van der Waals surface area contributed by atoms with E-state index in [2.05, 4.69) is 44.2 Å². The van der Waals surface area contributed by atoms with Gasteiger partial charge in [-0.2, -0.15) is 0 Å². The Kier molecular flexibility index (Phi) is 10.2. The van der Waals surface area contributed by atoms with Gasteiger partial charge in [0, 0.05) is 20.2 Å². The van der Waals surface area contributed by atoms with Crippen LogP contribution in [0.3, 0.4) is 0 Å². The molecule has 5 rings (SSSR count). The van der Waals surface area contributed by atoms with E-state index in [0.717, 1.165) is 76.5 Å². The van der Waals surface area contributed by atoms with E-state index in [-0.39, 0.29) is 24.0 Å². The summed E-state index contributed by atoms with van der Waals surface area (Å²) >= 11 is 0. The van der Waals surface area contributed by atoms with Crippen LogP contribution in [0.4, 0.5) is 0 Å². The van der Waals surface area contributed by atoms with Gasteiger partial charge in [-0.25, -0.2) is 0 Å². The first kappa shape index (κ1) is 30.9. The molecular formula is C36H51NO5. The minimum atomic E-state index is -0.229. The lowest BCUT2D eigenvalue weighted by molar-refractivity contribution is -0.134. The lowest BCUT2D eigenvalue weighted by atomic mass is 9.51. The molecule has 0 aliphatic heterocycles. The molecule has 6 heteroatoms. The van der Waals surface area contributed by atoms with Crippen molar-refractivity contribution in [1.29, 1.82) is 0 Å². The number of hydrogen-bond acceptors (Lipinski definition) is 5. The highest BCUT2D eigenvalue weighted by Crippen LogP contribution is 2.65. The van der Waals surface area contributed by atoms with Crippen molar-refractivity contribution < 1.29 is 24.5 Å². The zero-order chi connectivity index (χ0) is 29.7. The Hall–Kier alpha value is -2.57. The summed E-state index contributed by atoms with van der Waals surface area (Å²) in [7, 11) is 1.84. The van der Waals surface area contributed by atoms with Crippen LogP contribution >= 0.6 is 0 Å². The van der Waals surface area contributed by atoms with Crippen molar-refractivity contribution in [3.63, 3.8) is 0 Å². The summed E-state index contributed by atoms with van der Waals surface area (Å²) in [5.74, 6) is 3.16. The average molecular weight is 578 g/mol. The van der Waals surface area contributed by atoms with Gasteiger partial charge in [-0.3, -0.25) is 4.79 Å². The number of ether oxygens (including phenoxy) is 2. The highest BCUT2D eigenvalue weighted by molar-refractivity contribution is 5.77. The molecule has 0 radical (unpaired) electrons. The summed E-state index contributed by atoms with van der Waals surface area (Å²) in [6.07, 6.45) is 9.90. The molecule has 2 aromatic rings. The molecule has 2 aromatic carbocycles. The van der Waals surface area contributed by atoms with Gasteiger partial charge in [-0.05, 0) is 128 Å². The van der Waals surface area contributed by atoms with Crippen molar-refractivity contribution in [3.05, 3.63) is 59.2 Å². The van der Waals surface area contributed by atoms with Gasteiger partial charge in [-0.1, -0.05) is 38.5 Å². The van der Waals surface area contributed by atoms with E-state index < -0.39 is 0 Å². The molecular weight excluding hydrogens is 526 g/mol. The van der Waals surface area contributed by atoms with Crippen LogP contribution in [-0.2, 0) is 16.0 Å². The predicted molar refractivity (Wildman–Crippen MR) is 166 cm³/mol. The van der Waals surface area contributed by atoms with Crippen LogP contribution in [-0.4, -0.2) is 60.5 Å². The molecule has 42 heavy (non-hydrogen) atoms. The molecule has 0 aromatic heterocycles. The van der Waals surface area contributed by atoms with E-state index in [4.69, 9.17) is 9.47 Å². The Morgan fingerprint density at radius 1 is 1.02 bits per heavy atom. The van der Waals surface area contributed by atoms with Gasteiger partial charge in [-0.15, -0.1) is 0 Å². The smallest absolute Gasteiger partial charge is 0.248 e. The second-order valence-corrected chi connectivity index (χ2v) is 13.3. The van der Waals surface area contributed by atoms with E-state index in [9.17, 15) is 15.0 Å². The van der Waals surface area contributed by atoms with Crippen LogP contribution < -0.4 is 4.74 Å². The maximum Gasteiger partial charge on any atom is 0.248 e. The SMILES string of the molecule is CCCCN(C)C(=O)COCCCCCOc1ccc([C@H]2C[C@]3(C)[C@@H](O)CC[C@H]3[C@@H]3CCc4cc(O)ccc4[C@H]32)cc1. The number of carbonyl (C=O) groups is 1. The van der Waals surface area contributed by atoms with Gasteiger partial charge in [0.05, 0.1) is 12.7 Å². The van der Waals surface area contributed by atoms with Crippen LogP contribution in [0.2, 0.25) is 0 Å². The van der Waals surface area contributed by atoms with Gasteiger partial charge < -0.3 is 24.6 Å². The number of aliphatic hydroxyl groups is 1. The number of phenolic OH excluding ortho intramolecular Hbond substituents is 1. The molecule has 0 spiro atoms. The second kappa shape index (κ2) is 13.8. The third kappa shape index (κ3) is 6.65. The number of benzene rings is 2. The first-order chi connectivity index (χ1) is 20.3. The van der Waals surface area contributed by atoms with E-state index in [0.29, 0.717) is 42.6 Å². The number of rotatable bonds is 13.